The highest BCUT2D eigenvalue weighted by Gasteiger charge is 2.48. The minimum Gasteiger partial charge on any atom is -0.393 e. The molecule has 6 nitrogen and oxygen atoms in total. The second-order valence-corrected chi connectivity index (χ2v) is 7.02. The first-order valence-corrected chi connectivity index (χ1v) is 8.42. The monoisotopic (exact) mass is 330 g/mol. The highest BCUT2D eigenvalue weighted by atomic mass is 16.6. The van der Waals surface area contributed by atoms with E-state index in [2.05, 4.69) is 0 Å². The van der Waals surface area contributed by atoms with Crippen molar-refractivity contribution in [3.05, 3.63) is 11.6 Å². The van der Waals surface area contributed by atoms with E-state index >= 15 is 0 Å². The molecular weight excluding hydrogens is 300 g/mol. The number of hydrogen-bond donors (Lipinski definition) is 4. The molecule has 134 valence electrons. The summed E-state index contributed by atoms with van der Waals surface area (Å²) in [5.41, 5.74) is 0.929. The molecule has 2 aliphatic heterocycles. The zero-order chi connectivity index (χ0) is 17.1. The largest absolute Gasteiger partial charge is 0.393 e. The Labute approximate surface area is 137 Å². The smallest absolute Gasteiger partial charge is 0.107 e. The van der Waals surface area contributed by atoms with Crippen molar-refractivity contribution < 1.29 is 29.9 Å². The van der Waals surface area contributed by atoms with Crippen molar-refractivity contribution in [2.24, 2.45) is 11.8 Å². The summed E-state index contributed by atoms with van der Waals surface area (Å²) < 4.78 is 11.3. The number of rotatable bonds is 7. The molecule has 2 fully saturated rings. The highest BCUT2D eigenvalue weighted by Crippen LogP contribution is 2.38. The maximum Gasteiger partial charge on any atom is 0.107 e. The van der Waals surface area contributed by atoms with E-state index in [0.717, 1.165) is 5.57 Å². The minimum atomic E-state index is -0.942. The van der Waals surface area contributed by atoms with Crippen LogP contribution in [0.15, 0.2) is 11.6 Å². The third-order valence-electron chi connectivity index (χ3n) is 5.14. The van der Waals surface area contributed by atoms with Crippen LogP contribution in [0.4, 0.5) is 0 Å². The first kappa shape index (κ1) is 18.8. The third-order valence-corrected chi connectivity index (χ3v) is 5.14. The normalized spacial score (nSPS) is 40.7. The van der Waals surface area contributed by atoms with Crippen molar-refractivity contribution in [1.82, 2.24) is 0 Å². The summed E-state index contributed by atoms with van der Waals surface area (Å²) in [5.74, 6) is -0.106. The van der Waals surface area contributed by atoms with Gasteiger partial charge in [0.25, 0.3) is 0 Å². The first-order valence-electron chi connectivity index (χ1n) is 8.42. The van der Waals surface area contributed by atoms with Gasteiger partial charge in [0.15, 0.2) is 0 Å². The molecule has 0 aliphatic carbocycles. The summed E-state index contributed by atoms with van der Waals surface area (Å²) in [7, 11) is 0. The van der Waals surface area contributed by atoms with Crippen molar-refractivity contribution in [3.63, 3.8) is 0 Å². The third kappa shape index (κ3) is 4.75. The number of aliphatic hydroxyl groups is 4. The molecule has 8 atom stereocenters. The molecule has 0 saturated carbocycles. The van der Waals surface area contributed by atoms with Crippen molar-refractivity contribution in [2.45, 2.75) is 70.2 Å². The van der Waals surface area contributed by atoms with Gasteiger partial charge in [-0.3, -0.25) is 0 Å². The molecule has 2 saturated heterocycles. The molecule has 0 bridgehead atoms. The van der Waals surface area contributed by atoms with Crippen molar-refractivity contribution in [1.29, 1.82) is 0 Å². The lowest BCUT2D eigenvalue weighted by Gasteiger charge is -2.38. The van der Waals surface area contributed by atoms with Crippen LogP contribution in [0.1, 0.15) is 33.6 Å². The Morgan fingerprint density at radius 1 is 1.22 bits per heavy atom. The van der Waals surface area contributed by atoms with E-state index in [1.165, 1.54) is 0 Å². The van der Waals surface area contributed by atoms with E-state index in [1.54, 1.807) is 13.0 Å². The average molecular weight is 330 g/mol. The fraction of sp³-hybridized carbons (Fsp3) is 0.882. The van der Waals surface area contributed by atoms with E-state index < -0.39 is 24.4 Å². The van der Waals surface area contributed by atoms with Crippen LogP contribution >= 0.6 is 0 Å². The van der Waals surface area contributed by atoms with Gasteiger partial charge in [0.2, 0.25) is 0 Å². The average Bonchev–Trinajstić information content (AvgIpc) is 3.25. The Kier molecular flexibility index (Phi) is 6.59. The fourth-order valence-electron chi connectivity index (χ4n) is 3.27. The molecule has 2 aliphatic rings. The van der Waals surface area contributed by atoms with Crippen LogP contribution in [-0.2, 0) is 9.47 Å². The zero-order valence-electron chi connectivity index (χ0n) is 14.1. The van der Waals surface area contributed by atoms with E-state index in [1.807, 2.05) is 13.8 Å². The molecule has 0 amide bonds. The molecule has 8 unspecified atom stereocenters. The van der Waals surface area contributed by atoms with E-state index in [9.17, 15) is 15.3 Å². The Bertz CT molecular complexity index is 410. The first-order chi connectivity index (χ1) is 10.8. The lowest BCUT2D eigenvalue weighted by atomic mass is 9.85. The molecule has 0 aromatic carbocycles. The van der Waals surface area contributed by atoms with Gasteiger partial charge in [0.05, 0.1) is 43.7 Å². The maximum absolute atomic E-state index is 10.4. The van der Waals surface area contributed by atoms with E-state index in [0.29, 0.717) is 19.4 Å². The van der Waals surface area contributed by atoms with Gasteiger partial charge in [-0.2, -0.15) is 0 Å². The van der Waals surface area contributed by atoms with Crippen molar-refractivity contribution in [3.8, 4) is 0 Å². The SMILES string of the molecule is CC(=CCO)CC1OCC(CC2OC2C(C)C(C)O)C(O)C1O. The van der Waals surface area contributed by atoms with Gasteiger partial charge in [-0.05, 0) is 26.7 Å². The van der Waals surface area contributed by atoms with Gasteiger partial charge in [0, 0.05) is 11.8 Å². The van der Waals surface area contributed by atoms with Gasteiger partial charge >= 0.3 is 0 Å². The Morgan fingerprint density at radius 3 is 2.52 bits per heavy atom. The molecule has 4 N–H and O–H groups in total. The second kappa shape index (κ2) is 8.05. The molecule has 0 radical (unpaired) electrons. The Balaban J connectivity index is 1.83. The predicted molar refractivity (Wildman–Crippen MR) is 84.8 cm³/mol. The molecular formula is C17H30O6. The van der Waals surface area contributed by atoms with Gasteiger partial charge in [-0.15, -0.1) is 0 Å². The Morgan fingerprint density at radius 2 is 1.91 bits per heavy atom. The molecule has 0 aromatic rings. The summed E-state index contributed by atoms with van der Waals surface area (Å²) in [6.45, 7) is 5.90. The summed E-state index contributed by atoms with van der Waals surface area (Å²) in [6.07, 6.45) is 0.170. The lowest BCUT2D eigenvalue weighted by molar-refractivity contribution is -0.165. The summed E-state index contributed by atoms with van der Waals surface area (Å²) in [4.78, 5) is 0. The summed E-state index contributed by atoms with van der Waals surface area (Å²) in [6, 6.07) is 0. The van der Waals surface area contributed by atoms with Crippen LogP contribution in [-0.4, -0.2) is 70.3 Å². The van der Waals surface area contributed by atoms with Crippen LogP contribution in [0.25, 0.3) is 0 Å². The maximum atomic E-state index is 10.4. The summed E-state index contributed by atoms with van der Waals surface area (Å²) >= 11 is 0. The lowest BCUT2D eigenvalue weighted by Crippen LogP contribution is -2.50. The molecule has 0 spiro atoms. The fourth-order valence-corrected chi connectivity index (χ4v) is 3.27. The molecule has 6 heteroatoms. The number of ether oxygens (including phenoxy) is 2. The second-order valence-electron chi connectivity index (χ2n) is 7.02. The van der Waals surface area contributed by atoms with Gasteiger partial charge < -0.3 is 29.9 Å². The summed E-state index contributed by atoms with van der Waals surface area (Å²) in [5, 5.41) is 39.1. The van der Waals surface area contributed by atoms with Crippen LogP contribution in [0, 0.1) is 11.8 Å². The standard InChI is InChI=1S/C17H30O6/c1-9(4-5-18)6-13-16(21)15(20)12(8-22-13)7-14-17(23-14)10(2)11(3)19/h4,10-21H,5-8H2,1-3H3. The predicted octanol–water partition coefficient (Wildman–Crippen LogP) is 0.226. The topological polar surface area (TPSA) is 103 Å². The quantitative estimate of drug-likeness (QED) is 0.394. The molecule has 23 heavy (non-hydrogen) atoms. The van der Waals surface area contributed by atoms with E-state index in [4.69, 9.17) is 14.6 Å². The van der Waals surface area contributed by atoms with Crippen LogP contribution in [0.5, 0.6) is 0 Å². The minimum absolute atomic E-state index is 0.0163. The van der Waals surface area contributed by atoms with Crippen molar-refractivity contribution in [2.75, 3.05) is 13.2 Å². The van der Waals surface area contributed by atoms with Gasteiger partial charge in [0.1, 0.15) is 6.10 Å². The van der Waals surface area contributed by atoms with Crippen molar-refractivity contribution >= 4 is 0 Å². The van der Waals surface area contributed by atoms with Crippen LogP contribution in [0.3, 0.4) is 0 Å². The highest BCUT2D eigenvalue weighted by molar-refractivity contribution is 5.03. The number of epoxide rings is 1. The van der Waals surface area contributed by atoms with Crippen LogP contribution in [0.2, 0.25) is 0 Å². The molecule has 2 rings (SSSR count). The zero-order valence-corrected chi connectivity index (χ0v) is 14.1. The number of hydrogen-bond acceptors (Lipinski definition) is 6. The number of aliphatic hydroxyl groups excluding tert-OH is 4. The molecule has 0 aromatic heterocycles. The van der Waals surface area contributed by atoms with Gasteiger partial charge in [-0.1, -0.05) is 18.6 Å². The Hall–Kier alpha value is -0.500. The van der Waals surface area contributed by atoms with Gasteiger partial charge in [-0.25, -0.2) is 0 Å². The van der Waals surface area contributed by atoms with E-state index in [-0.39, 0.29) is 30.7 Å². The van der Waals surface area contributed by atoms with Crippen LogP contribution < -0.4 is 0 Å². The molecule has 2 heterocycles.